The zero-order valence-corrected chi connectivity index (χ0v) is 10.8. The Morgan fingerprint density at radius 2 is 2.05 bits per heavy atom. The van der Waals surface area contributed by atoms with Crippen LogP contribution in [0.2, 0.25) is 0 Å². The minimum Gasteiger partial charge on any atom is -0.385 e. The fourth-order valence-corrected chi connectivity index (χ4v) is 2.08. The van der Waals surface area contributed by atoms with E-state index >= 15 is 0 Å². The largest absolute Gasteiger partial charge is 0.385 e. The Morgan fingerprint density at radius 3 is 2.55 bits per heavy atom. The topological polar surface area (TPSA) is 58.6 Å². The van der Waals surface area contributed by atoms with Gasteiger partial charge in [-0.2, -0.15) is 0 Å². The number of hydrogen-bond acceptors (Lipinski definition) is 3. The van der Waals surface area contributed by atoms with Crippen molar-refractivity contribution >= 4 is 5.91 Å². The normalized spacial score (nSPS) is 25.8. The van der Waals surface area contributed by atoms with Crippen molar-refractivity contribution in [2.75, 3.05) is 13.2 Å². The second-order valence-electron chi connectivity index (χ2n) is 4.79. The molecule has 2 rings (SSSR count). The summed E-state index contributed by atoms with van der Waals surface area (Å²) in [6, 6.07) is 0.849. The molecule has 1 aliphatic rings. The first-order valence-corrected chi connectivity index (χ1v) is 6.10. The number of hydrogen-bond donors (Lipinski definition) is 2. The molecule has 1 aromatic carbocycles. The molecule has 110 valence electrons. The van der Waals surface area contributed by atoms with Crippen LogP contribution in [0.1, 0.15) is 23.7 Å². The van der Waals surface area contributed by atoms with Gasteiger partial charge in [0.05, 0.1) is 6.10 Å². The Balaban J connectivity index is 2.10. The maximum Gasteiger partial charge on any atom is 0.257 e. The molecule has 0 bridgehead atoms. The lowest BCUT2D eigenvalue weighted by atomic mass is 9.96. The van der Waals surface area contributed by atoms with Crippen LogP contribution in [-0.4, -0.2) is 35.9 Å². The van der Waals surface area contributed by atoms with Gasteiger partial charge in [-0.05, 0) is 6.92 Å². The lowest BCUT2D eigenvalue weighted by Crippen LogP contribution is -2.47. The van der Waals surface area contributed by atoms with Gasteiger partial charge in [0, 0.05) is 31.7 Å². The Kier molecular flexibility index (Phi) is 4.01. The van der Waals surface area contributed by atoms with Gasteiger partial charge in [0.2, 0.25) is 0 Å². The monoisotopic (exact) mass is 289 g/mol. The number of rotatable bonds is 3. The molecule has 1 fully saturated rings. The molecule has 2 unspecified atom stereocenters. The smallest absolute Gasteiger partial charge is 0.257 e. The molecule has 1 saturated heterocycles. The van der Waals surface area contributed by atoms with Crippen LogP contribution in [0.15, 0.2) is 12.1 Å². The van der Waals surface area contributed by atoms with E-state index in [4.69, 9.17) is 4.74 Å². The summed E-state index contributed by atoms with van der Waals surface area (Å²) < 4.78 is 44.7. The van der Waals surface area contributed by atoms with E-state index in [0.29, 0.717) is 25.2 Å². The molecule has 0 aliphatic carbocycles. The first kappa shape index (κ1) is 14.8. The summed E-state index contributed by atoms with van der Waals surface area (Å²) in [7, 11) is 0. The highest BCUT2D eigenvalue weighted by atomic mass is 19.1. The molecule has 0 saturated carbocycles. The Labute approximate surface area is 113 Å². The number of amides is 1. The van der Waals surface area contributed by atoms with Gasteiger partial charge in [0.1, 0.15) is 28.6 Å². The minimum atomic E-state index is -1.29. The van der Waals surface area contributed by atoms with E-state index in [1.54, 1.807) is 6.92 Å². The van der Waals surface area contributed by atoms with E-state index in [1.807, 2.05) is 0 Å². The minimum absolute atomic E-state index is 0.205. The van der Waals surface area contributed by atoms with Crippen molar-refractivity contribution < 1.29 is 27.8 Å². The Bertz CT molecular complexity index is 515. The molecule has 1 aliphatic heterocycles. The lowest BCUT2D eigenvalue weighted by Gasteiger charge is -2.26. The number of ether oxygens (including phenoxy) is 1. The fraction of sp³-hybridized carbons (Fsp3) is 0.462. The highest BCUT2D eigenvalue weighted by Gasteiger charge is 2.40. The third kappa shape index (κ3) is 2.78. The van der Waals surface area contributed by atoms with E-state index in [2.05, 4.69) is 5.32 Å². The molecule has 0 spiro atoms. The highest BCUT2D eigenvalue weighted by molar-refractivity contribution is 5.94. The Morgan fingerprint density at radius 1 is 1.45 bits per heavy atom. The summed E-state index contributed by atoms with van der Waals surface area (Å²) in [6.07, 6.45) is -0.186. The molecule has 7 heteroatoms. The van der Waals surface area contributed by atoms with E-state index in [9.17, 15) is 23.1 Å². The average molecular weight is 289 g/mol. The highest BCUT2D eigenvalue weighted by Crippen LogP contribution is 2.25. The number of halogens is 3. The second kappa shape index (κ2) is 5.41. The third-order valence-corrected chi connectivity index (χ3v) is 3.45. The van der Waals surface area contributed by atoms with Gasteiger partial charge in [-0.25, -0.2) is 13.2 Å². The van der Waals surface area contributed by atoms with Gasteiger partial charge < -0.3 is 15.2 Å². The zero-order chi connectivity index (χ0) is 14.9. The van der Waals surface area contributed by atoms with Crippen molar-refractivity contribution in [3.63, 3.8) is 0 Å². The number of benzene rings is 1. The first-order chi connectivity index (χ1) is 9.33. The van der Waals surface area contributed by atoms with Crippen LogP contribution >= 0.6 is 0 Å². The van der Waals surface area contributed by atoms with Crippen molar-refractivity contribution in [1.82, 2.24) is 5.32 Å². The van der Waals surface area contributed by atoms with Crippen LogP contribution in [0.3, 0.4) is 0 Å². The predicted molar refractivity (Wildman–Crippen MR) is 63.6 cm³/mol. The summed E-state index contributed by atoms with van der Waals surface area (Å²) in [4.78, 5) is 11.7. The number of nitrogens with one attached hydrogen (secondary N) is 1. The molecule has 1 amide bonds. The number of carbonyl (C=O) groups is 1. The SMILES string of the molecule is CC1OCCC1(O)CNC(=O)c1c(F)cc(F)cc1F. The number of aliphatic hydroxyl groups is 1. The average Bonchev–Trinajstić information content (AvgIpc) is 2.66. The zero-order valence-electron chi connectivity index (χ0n) is 10.8. The van der Waals surface area contributed by atoms with E-state index in [0.717, 1.165) is 0 Å². The molecular weight excluding hydrogens is 275 g/mol. The molecule has 4 nitrogen and oxygen atoms in total. The molecule has 1 aromatic rings. The van der Waals surface area contributed by atoms with Gasteiger partial charge in [0.25, 0.3) is 5.91 Å². The summed E-state index contributed by atoms with van der Waals surface area (Å²) in [6.45, 7) is 1.77. The number of carbonyl (C=O) groups excluding carboxylic acids is 1. The third-order valence-electron chi connectivity index (χ3n) is 3.45. The standard InChI is InChI=1S/C13H14F3NO3/c1-7-13(19,2-3-20-7)6-17-12(18)11-9(15)4-8(14)5-10(11)16/h4-5,7,19H,2-3,6H2,1H3,(H,17,18). The lowest BCUT2D eigenvalue weighted by molar-refractivity contribution is -0.0252. The van der Waals surface area contributed by atoms with Crippen LogP contribution in [-0.2, 0) is 4.74 Å². The predicted octanol–water partition coefficient (Wildman–Crippen LogP) is 1.37. The molecule has 20 heavy (non-hydrogen) atoms. The molecule has 2 atom stereocenters. The second-order valence-corrected chi connectivity index (χ2v) is 4.79. The summed E-state index contributed by atoms with van der Waals surface area (Å²) in [5.41, 5.74) is -2.15. The quantitative estimate of drug-likeness (QED) is 0.883. The van der Waals surface area contributed by atoms with Crippen molar-refractivity contribution in [2.45, 2.75) is 25.0 Å². The van der Waals surface area contributed by atoms with Crippen LogP contribution < -0.4 is 5.32 Å². The fourth-order valence-electron chi connectivity index (χ4n) is 2.08. The van der Waals surface area contributed by atoms with E-state index in [1.165, 1.54) is 0 Å². The molecule has 0 aromatic heterocycles. The van der Waals surface area contributed by atoms with Crippen LogP contribution in [0.5, 0.6) is 0 Å². The van der Waals surface area contributed by atoms with Crippen molar-refractivity contribution in [2.24, 2.45) is 0 Å². The Hall–Kier alpha value is -1.60. The maximum atomic E-state index is 13.4. The van der Waals surface area contributed by atoms with E-state index < -0.39 is 40.6 Å². The van der Waals surface area contributed by atoms with Gasteiger partial charge in [0.15, 0.2) is 0 Å². The van der Waals surface area contributed by atoms with E-state index in [-0.39, 0.29) is 6.54 Å². The van der Waals surface area contributed by atoms with Crippen LogP contribution in [0.4, 0.5) is 13.2 Å². The molecular formula is C13H14F3NO3. The van der Waals surface area contributed by atoms with Gasteiger partial charge >= 0.3 is 0 Å². The van der Waals surface area contributed by atoms with Crippen molar-refractivity contribution in [3.8, 4) is 0 Å². The van der Waals surface area contributed by atoms with Gasteiger partial charge in [-0.3, -0.25) is 4.79 Å². The summed E-state index contributed by atoms with van der Waals surface area (Å²) >= 11 is 0. The molecule has 0 radical (unpaired) electrons. The first-order valence-electron chi connectivity index (χ1n) is 6.10. The molecule has 1 heterocycles. The van der Waals surface area contributed by atoms with Crippen molar-refractivity contribution in [3.05, 3.63) is 35.1 Å². The van der Waals surface area contributed by atoms with Crippen LogP contribution in [0, 0.1) is 17.5 Å². The summed E-state index contributed by atoms with van der Waals surface area (Å²) in [5.74, 6) is -4.73. The van der Waals surface area contributed by atoms with Crippen molar-refractivity contribution in [1.29, 1.82) is 0 Å². The summed E-state index contributed by atoms with van der Waals surface area (Å²) in [5, 5.41) is 12.4. The van der Waals surface area contributed by atoms with Gasteiger partial charge in [-0.15, -0.1) is 0 Å². The maximum absolute atomic E-state index is 13.4. The van der Waals surface area contributed by atoms with Crippen LogP contribution in [0.25, 0.3) is 0 Å². The van der Waals surface area contributed by atoms with Gasteiger partial charge in [-0.1, -0.05) is 0 Å². The molecule has 2 N–H and O–H groups in total.